The number of hydrazone groups is 2. The molecule has 2 unspecified atom stereocenters. The Morgan fingerprint density at radius 3 is 1.80 bits per heavy atom. The Balaban J connectivity index is 0.000000186. The molecule has 4 aromatic rings. The highest BCUT2D eigenvalue weighted by atomic mass is 16.2. The number of likely N-dealkylation sites (tertiary alicyclic amines) is 1. The van der Waals surface area contributed by atoms with Gasteiger partial charge in [0.05, 0.1) is 30.5 Å². The molecule has 1 N–H and O–H groups in total. The number of aromatic nitrogens is 1. The highest BCUT2D eigenvalue weighted by Gasteiger charge is 2.33. The van der Waals surface area contributed by atoms with Crippen molar-refractivity contribution in [2.24, 2.45) is 10.2 Å². The van der Waals surface area contributed by atoms with Crippen LogP contribution >= 0.6 is 0 Å². The molecule has 3 aliphatic rings. The van der Waals surface area contributed by atoms with Crippen molar-refractivity contribution >= 4 is 40.1 Å². The minimum atomic E-state index is -0.214. The molecule has 284 valence electrons. The number of rotatable bonds is 11. The van der Waals surface area contributed by atoms with Gasteiger partial charge >= 0.3 is 12.1 Å². The molecule has 0 spiro atoms. The zero-order chi connectivity index (χ0) is 37.5. The van der Waals surface area contributed by atoms with Gasteiger partial charge in [0, 0.05) is 41.7 Å². The normalized spacial score (nSPS) is 18.4. The number of fused-ring (bicyclic) bond motifs is 1. The number of benzene rings is 3. The quantitative estimate of drug-likeness (QED) is 0.156. The molecule has 9 nitrogen and oxygen atoms in total. The molecule has 3 aromatic carbocycles. The summed E-state index contributed by atoms with van der Waals surface area (Å²) in [5.41, 5.74) is 6.36. The van der Waals surface area contributed by atoms with Gasteiger partial charge in [0.15, 0.2) is 0 Å². The summed E-state index contributed by atoms with van der Waals surface area (Å²) >= 11 is 0. The van der Waals surface area contributed by atoms with Crippen molar-refractivity contribution in [2.45, 2.75) is 103 Å². The molecule has 1 fully saturated rings. The third-order valence-corrected chi connectivity index (χ3v) is 10.7. The first-order chi connectivity index (χ1) is 26.5. The van der Waals surface area contributed by atoms with Gasteiger partial charge < -0.3 is 10.2 Å². The molecule has 4 heterocycles. The van der Waals surface area contributed by atoms with Crippen molar-refractivity contribution in [1.29, 1.82) is 0 Å². The van der Waals surface area contributed by atoms with E-state index in [9.17, 15) is 9.59 Å². The Morgan fingerprint density at radius 1 is 0.667 bits per heavy atom. The maximum absolute atomic E-state index is 13.0. The molecule has 54 heavy (non-hydrogen) atoms. The number of hydrogen-bond acceptors (Lipinski definition) is 5. The summed E-state index contributed by atoms with van der Waals surface area (Å²) in [5, 5.41) is 16.7. The third-order valence-electron chi connectivity index (χ3n) is 10.7. The Morgan fingerprint density at radius 2 is 1.20 bits per heavy atom. The van der Waals surface area contributed by atoms with E-state index in [0.717, 1.165) is 68.2 Å². The molecule has 0 radical (unpaired) electrons. The number of nitrogens with one attached hydrogen (secondary N) is 1. The number of carbonyl (C=O) groups is 2. The lowest BCUT2D eigenvalue weighted by Gasteiger charge is -2.25. The van der Waals surface area contributed by atoms with Crippen molar-refractivity contribution in [2.75, 3.05) is 31.5 Å². The summed E-state index contributed by atoms with van der Waals surface area (Å²) in [6, 6.07) is 30.6. The van der Waals surface area contributed by atoms with Crippen LogP contribution in [0.1, 0.15) is 114 Å². The second-order valence-electron chi connectivity index (χ2n) is 14.7. The zero-order valence-corrected chi connectivity index (χ0v) is 32.2. The van der Waals surface area contributed by atoms with Crippen LogP contribution in [-0.4, -0.2) is 69.6 Å². The zero-order valence-electron chi connectivity index (χ0n) is 32.2. The van der Waals surface area contributed by atoms with E-state index in [1.165, 1.54) is 55.4 Å². The molecule has 0 saturated carbocycles. The van der Waals surface area contributed by atoms with Gasteiger partial charge in [-0.15, -0.1) is 0 Å². The van der Waals surface area contributed by atoms with Crippen molar-refractivity contribution in [3.05, 3.63) is 108 Å². The van der Waals surface area contributed by atoms with E-state index < -0.39 is 0 Å². The van der Waals surface area contributed by atoms with Gasteiger partial charge in [-0.05, 0) is 61.8 Å². The molecular formula is C45H57N7O2. The van der Waals surface area contributed by atoms with Crippen LogP contribution in [0.15, 0.2) is 107 Å². The minimum Gasteiger partial charge on any atom is -0.323 e. The van der Waals surface area contributed by atoms with Gasteiger partial charge in [-0.25, -0.2) is 19.6 Å². The van der Waals surface area contributed by atoms with Crippen LogP contribution in [0.5, 0.6) is 0 Å². The van der Waals surface area contributed by atoms with Crippen LogP contribution in [0.4, 0.5) is 15.3 Å². The lowest BCUT2D eigenvalue weighted by molar-refractivity contribution is 0.159. The first-order valence-electron chi connectivity index (χ1n) is 20.3. The number of pyridine rings is 1. The predicted octanol–water partition coefficient (Wildman–Crippen LogP) is 10.8. The number of para-hydroxylation sites is 1. The molecular weight excluding hydrogens is 671 g/mol. The summed E-state index contributed by atoms with van der Waals surface area (Å²) in [6.07, 6.45) is 15.4. The van der Waals surface area contributed by atoms with Crippen LogP contribution in [-0.2, 0) is 0 Å². The van der Waals surface area contributed by atoms with E-state index in [-0.39, 0.29) is 23.9 Å². The number of unbranched alkanes of at least 4 members (excludes halogenated alkanes) is 4. The van der Waals surface area contributed by atoms with E-state index in [4.69, 9.17) is 10.2 Å². The number of nitrogens with zero attached hydrogens (tertiary/aromatic N) is 6. The Hall–Kier alpha value is -5.05. The van der Waals surface area contributed by atoms with Gasteiger partial charge in [0.1, 0.15) is 0 Å². The van der Waals surface area contributed by atoms with Crippen LogP contribution < -0.4 is 5.32 Å². The molecule has 0 aliphatic carbocycles. The smallest absolute Gasteiger partial charge is 0.323 e. The van der Waals surface area contributed by atoms with Crippen molar-refractivity contribution in [3.63, 3.8) is 0 Å². The summed E-state index contributed by atoms with van der Waals surface area (Å²) in [4.78, 5) is 32.3. The van der Waals surface area contributed by atoms with Crippen LogP contribution in [0, 0.1) is 0 Å². The van der Waals surface area contributed by atoms with Gasteiger partial charge in [-0.3, -0.25) is 4.98 Å². The largest absolute Gasteiger partial charge is 0.342 e. The average molecular weight is 728 g/mol. The SMILES string of the molecule is CCCCCC1=NN(C(=O)N2CCCCCC2)CC1c1ccccc1.CCCCCC1=NN(C(=O)Nc2cnc3ccccc3c2)CC1c1ccccc1. The number of anilines is 1. The van der Waals surface area contributed by atoms with Gasteiger partial charge in [0.25, 0.3) is 0 Å². The van der Waals surface area contributed by atoms with Crippen molar-refractivity contribution < 1.29 is 9.59 Å². The molecule has 9 heteroatoms. The fourth-order valence-electron chi connectivity index (χ4n) is 7.62. The van der Waals surface area contributed by atoms with E-state index in [1.54, 1.807) is 16.2 Å². The van der Waals surface area contributed by atoms with E-state index in [2.05, 4.69) is 60.5 Å². The topological polar surface area (TPSA) is 93.5 Å². The first-order valence-corrected chi connectivity index (χ1v) is 20.3. The van der Waals surface area contributed by atoms with E-state index in [1.807, 2.05) is 59.5 Å². The fourth-order valence-corrected chi connectivity index (χ4v) is 7.62. The highest BCUT2D eigenvalue weighted by molar-refractivity contribution is 5.98. The maximum atomic E-state index is 13.0. The third kappa shape index (κ3) is 10.3. The minimum absolute atomic E-state index is 0.105. The maximum Gasteiger partial charge on any atom is 0.342 e. The fraction of sp³-hybridized carbons (Fsp3) is 0.444. The molecule has 4 amide bonds. The van der Waals surface area contributed by atoms with Gasteiger partial charge in [-0.2, -0.15) is 10.2 Å². The lowest BCUT2D eigenvalue weighted by Crippen LogP contribution is -2.40. The predicted molar refractivity (Wildman–Crippen MR) is 221 cm³/mol. The molecule has 2 atom stereocenters. The monoisotopic (exact) mass is 727 g/mol. The van der Waals surface area contributed by atoms with Crippen molar-refractivity contribution in [1.82, 2.24) is 19.9 Å². The number of urea groups is 2. The summed E-state index contributed by atoms with van der Waals surface area (Å²) in [7, 11) is 0. The second kappa shape index (κ2) is 19.9. The standard InChI is InChI=1S/C24H26N4O.C21H31N3O/c1-2-3-5-14-23-21(18-10-6-4-7-11-18)17-28(27-23)24(29)26-20-15-19-12-8-9-13-22(19)25-16-20;1-2-3-7-14-20-19(18-12-8-6-9-13-18)17-24(22-20)21(25)23-15-10-4-5-11-16-23/h4,6-13,15-16,21H,2-3,5,14,17H2,1H3,(H,26,29);6,8-9,12-13,19H,2-5,7,10-11,14-17H2,1H3. The highest BCUT2D eigenvalue weighted by Crippen LogP contribution is 2.30. The van der Waals surface area contributed by atoms with Crippen LogP contribution in [0.25, 0.3) is 10.9 Å². The molecule has 0 bridgehead atoms. The van der Waals surface area contributed by atoms with Crippen molar-refractivity contribution in [3.8, 4) is 0 Å². The van der Waals surface area contributed by atoms with Gasteiger partial charge in [-0.1, -0.05) is 131 Å². The number of hydrogen-bond donors (Lipinski definition) is 1. The molecule has 3 aliphatic heterocycles. The molecule has 1 saturated heterocycles. The molecule has 7 rings (SSSR count). The van der Waals surface area contributed by atoms with E-state index >= 15 is 0 Å². The molecule has 1 aromatic heterocycles. The van der Waals surface area contributed by atoms with Crippen LogP contribution in [0.2, 0.25) is 0 Å². The summed E-state index contributed by atoms with van der Waals surface area (Å²) < 4.78 is 0. The van der Waals surface area contributed by atoms with Crippen LogP contribution in [0.3, 0.4) is 0 Å². The summed E-state index contributed by atoms with van der Waals surface area (Å²) in [5.74, 6) is 0.419. The number of carbonyl (C=O) groups excluding carboxylic acids is 2. The second-order valence-corrected chi connectivity index (χ2v) is 14.7. The number of amides is 4. The Kier molecular flexibility index (Phi) is 14.2. The van der Waals surface area contributed by atoms with E-state index in [0.29, 0.717) is 18.8 Å². The average Bonchev–Trinajstić information content (AvgIpc) is 3.74. The summed E-state index contributed by atoms with van der Waals surface area (Å²) in [6.45, 7) is 7.44. The van der Waals surface area contributed by atoms with Gasteiger partial charge in [0.2, 0.25) is 0 Å². The lowest BCUT2D eigenvalue weighted by atomic mass is 9.92. The first kappa shape index (κ1) is 38.7. The Bertz CT molecular complexity index is 1850. The Labute approximate surface area is 321 Å².